The van der Waals surface area contributed by atoms with Crippen molar-refractivity contribution in [3.05, 3.63) is 34.4 Å². The maximum Gasteiger partial charge on any atom is 0.195 e. The molecule has 0 bridgehead atoms. The van der Waals surface area contributed by atoms with Gasteiger partial charge >= 0.3 is 0 Å². The van der Waals surface area contributed by atoms with Crippen molar-refractivity contribution in [3.8, 4) is 0 Å². The number of rotatable bonds is 4. The summed E-state index contributed by atoms with van der Waals surface area (Å²) in [6.07, 6.45) is 3.14. The van der Waals surface area contributed by atoms with Crippen LogP contribution in [0, 0.1) is 0 Å². The third-order valence-corrected chi connectivity index (χ3v) is 2.43. The molecule has 74 valence electrons. The lowest BCUT2D eigenvalue weighted by Gasteiger charge is -1.91. The third kappa shape index (κ3) is 2.18. The van der Waals surface area contributed by atoms with Gasteiger partial charge in [0.05, 0.1) is 23.8 Å². The zero-order valence-corrected chi connectivity index (χ0v) is 8.46. The Morgan fingerprint density at radius 2 is 2.36 bits per heavy atom. The van der Waals surface area contributed by atoms with Crippen LogP contribution >= 0.6 is 11.3 Å². The molecule has 0 radical (unpaired) electrons. The standard InChI is InChI=1S/C9H11N3OS/c10-2-1-9-11-4-8(13-9)3-7-5-14-6-12-7/h4-6H,1-3,10H2. The largest absolute Gasteiger partial charge is 0.445 e. The van der Waals surface area contributed by atoms with Crippen LogP contribution in [0.15, 0.2) is 21.5 Å². The van der Waals surface area contributed by atoms with Crippen molar-refractivity contribution in [2.75, 3.05) is 6.54 Å². The minimum Gasteiger partial charge on any atom is -0.445 e. The predicted octanol–water partition coefficient (Wildman–Crippen LogP) is 1.22. The second-order valence-electron chi connectivity index (χ2n) is 2.92. The highest BCUT2D eigenvalue weighted by molar-refractivity contribution is 7.07. The average molecular weight is 209 g/mol. The Morgan fingerprint density at radius 1 is 1.43 bits per heavy atom. The Labute approximate surface area is 85.8 Å². The van der Waals surface area contributed by atoms with Gasteiger partial charge in [0.1, 0.15) is 5.76 Å². The summed E-state index contributed by atoms with van der Waals surface area (Å²) in [6, 6.07) is 0. The van der Waals surface area contributed by atoms with E-state index in [1.54, 1.807) is 17.5 Å². The highest BCUT2D eigenvalue weighted by atomic mass is 32.1. The summed E-state index contributed by atoms with van der Waals surface area (Å²) >= 11 is 1.58. The molecule has 0 saturated carbocycles. The fourth-order valence-electron chi connectivity index (χ4n) is 1.17. The number of aromatic nitrogens is 2. The van der Waals surface area contributed by atoms with E-state index in [4.69, 9.17) is 10.2 Å². The van der Waals surface area contributed by atoms with E-state index >= 15 is 0 Å². The van der Waals surface area contributed by atoms with E-state index in [-0.39, 0.29) is 0 Å². The van der Waals surface area contributed by atoms with Crippen LogP contribution in [0.5, 0.6) is 0 Å². The van der Waals surface area contributed by atoms with E-state index in [0.29, 0.717) is 25.3 Å². The number of hydrogen-bond donors (Lipinski definition) is 1. The number of nitrogens with two attached hydrogens (primary N) is 1. The lowest BCUT2D eigenvalue weighted by atomic mass is 10.3. The number of oxazole rings is 1. The predicted molar refractivity (Wildman–Crippen MR) is 54.2 cm³/mol. The van der Waals surface area contributed by atoms with Crippen molar-refractivity contribution in [2.45, 2.75) is 12.8 Å². The van der Waals surface area contributed by atoms with Crippen LogP contribution in [0.25, 0.3) is 0 Å². The lowest BCUT2D eigenvalue weighted by Crippen LogP contribution is -2.02. The van der Waals surface area contributed by atoms with Crippen LogP contribution in [0.2, 0.25) is 0 Å². The Morgan fingerprint density at radius 3 is 3.07 bits per heavy atom. The lowest BCUT2D eigenvalue weighted by molar-refractivity contribution is 0.462. The maximum absolute atomic E-state index is 5.47. The Bertz CT molecular complexity index is 382. The maximum atomic E-state index is 5.47. The minimum atomic E-state index is 0.566. The molecule has 0 aliphatic rings. The molecule has 0 aliphatic carbocycles. The first kappa shape index (κ1) is 9.36. The summed E-state index contributed by atoms with van der Waals surface area (Å²) in [5.74, 6) is 1.55. The molecule has 4 nitrogen and oxygen atoms in total. The molecule has 0 saturated heterocycles. The van der Waals surface area contributed by atoms with Gasteiger partial charge in [-0.3, -0.25) is 0 Å². The first-order chi connectivity index (χ1) is 6.88. The Kier molecular flexibility index (Phi) is 2.90. The van der Waals surface area contributed by atoms with E-state index in [2.05, 4.69) is 9.97 Å². The van der Waals surface area contributed by atoms with Crippen molar-refractivity contribution in [3.63, 3.8) is 0 Å². The molecule has 0 amide bonds. The van der Waals surface area contributed by atoms with Crippen molar-refractivity contribution in [1.29, 1.82) is 0 Å². The smallest absolute Gasteiger partial charge is 0.195 e. The summed E-state index contributed by atoms with van der Waals surface area (Å²) in [5, 5.41) is 2.01. The topological polar surface area (TPSA) is 64.9 Å². The molecule has 2 heterocycles. The van der Waals surface area contributed by atoms with Crippen LogP contribution < -0.4 is 5.73 Å². The summed E-state index contributed by atoms with van der Waals surface area (Å²) in [6.45, 7) is 0.566. The van der Waals surface area contributed by atoms with Crippen LogP contribution in [0.3, 0.4) is 0 Å². The van der Waals surface area contributed by atoms with Gasteiger partial charge in [0.2, 0.25) is 0 Å². The van der Waals surface area contributed by atoms with Crippen LogP contribution in [0.4, 0.5) is 0 Å². The van der Waals surface area contributed by atoms with Crippen molar-refractivity contribution < 1.29 is 4.42 Å². The van der Waals surface area contributed by atoms with Crippen molar-refractivity contribution >= 4 is 11.3 Å². The fourth-order valence-corrected chi connectivity index (χ4v) is 1.73. The summed E-state index contributed by atoms with van der Waals surface area (Å²) < 4.78 is 5.47. The molecule has 2 aromatic heterocycles. The van der Waals surface area contributed by atoms with Gasteiger partial charge in [0.15, 0.2) is 5.89 Å². The first-order valence-electron chi connectivity index (χ1n) is 4.39. The zero-order chi connectivity index (χ0) is 9.80. The van der Waals surface area contributed by atoms with Gasteiger partial charge < -0.3 is 10.2 Å². The Balaban J connectivity index is 2.03. The zero-order valence-electron chi connectivity index (χ0n) is 7.64. The number of nitrogens with zero attached hydrogens (tertiary/aromatic N) is 2. The highest BCUT2D eigenvalue weighted by Gasteiger charge is 2.04. The van der Waals surface area contributed by atoms with Gasteiger partial charge in [-0.1, -0.05) is 0 Å². The molecule has 2 N–H and O–H groups in total. The van der Waals surface area contributed by atoms with Gasteiger partial charge in [0.25, 0.3) is 0 Å². The molecule has 14 heavy (non-hydrogen) atoms. The normalized spacial score (nSPS) is 10.6. The second-order valence-corrected chi connectivity index (χ2v) is 3.63. The molecular weight excluding hydrogens is 198 g/mol. The number of thiazole rings is 1. The van der Waals surface area contributed by atoms with Gasteiger partial charge in [-0.2, -0.15) is 0 Å². The molecule has 2 aromatic rings. The summed E-state index contributed by atoms with van der Waals surface area (Å²) in [5.41, 5.74) is 8.23. The van der Waals surface area contributed by atoms with Crippen molar-refractivity contribution in [1.82, 2.24) is 9.97 Å². The molecule has 0 aliphatic heterocycles. The van der Waals surface area contributed by atoms with Gasteiger partial charge in [0, 0.05) is 18.3 Å². The van der Waals surface area contributed by atoms with Crippen LogP contribution in [0.1, 0.15) is 17.3 Å². The molecular formula is C9H11N3OS. The Hall–Kier alpha value is -1.20. The summed E-state index contributed by atoms with van der Waals surface area (Å²) in [4.78, 5) is 8.29. The van der Waals surface area contributed by atoms with E-state index in [1.165, 1.54) is 0 Å². The highest BCUT2D eigenvalue weighted by Crippen LogP contribution is 2.11. The SMILES string of the molecule is NCCc1ncc(Cc2cscn2)o1. The van der Waals surface area contributed by atoms with E-state index in [9.17, 15) is 0 Å². The van der Waals surface area contributed by atoms with Crippen LogP contribution in [-0.4, -0.2) is 16.5 Å². The molecule has 0 unspecified atom stereocenters. The molecule has 2 rings (SSSR count). The summed E-state index contributed by atoms with van der Waals surface area (Å²) in [7, 11) is 0. The molecule has 0 fully saturated rings. The fraction of sp³-hybridized carbons (Fsp3) is 0.333. The monoisotopic (exact) mass is 209 g/mol. The van der Waals surface area contributed by atoms with Gasteiger partial charge in [-0.05, 0) is 0 Å². The molecule has 0 atom stereocenters. The van der Waals surface area contributed by atoms with Crippen LogP contribution in [-0.2, 0) is 12.8 Å². The minimum absolute atomic E-state index is 0.566. The molecule has 0 aromatic carbocycles. The first-order valence-corrected chi connectivity index (χ1v) is 5.33. The van der Waals surface area contributed by atoms with Crippen molar-refractivity contribution in [2.24, 2.45) is 5.73 Å². The van der Waals surface area contributed by atoms with Gasteiger partial charge in [-0.25, -0.2) is 9.97 Å². The van der Waals surface area contributed by atoms with E-state index in [0.717, 1.165) is 11.5 Å². The van der Waals surface area contributed by atoms with Gasteiger partial charge in [-0.15, -0.1) is 11.3 Å². The number of hydrogen-bond acceptors (Lipinski definition) is 5. The average Bonchev–Trinajstić information content (AvgIpc) is 2.79. The quantitative estimate of drug-likeness (QED) is 0.822. The molecule has 0 spiro atoms. The second kappa shape index (κ2) is 4.34. The third-order valence-electron chi connectivity index (χ3n) is 1.80. The molecule has 5 heteroatoms. The van der Waals surface area contributed by atoms with E-state index in [1.807, 2.05) is 10.9 Å². The van der Waals surface area contributed by atoms with E-state index < -0.39 is 0 Å².